The van der Waals surface area contributed by atoms with Crippen LogP contribution in [0.1, 0.15) is 22.5 Å². The van der Waals surface area contributed by atoms with E-state index in [9.17, 15) is 4.79 Å². The molecule has 1 aliphatic heterocycles. The smallest absolute Gasteiger partial charge is 0.270 e. The van der Waals surface area contributed by atoms with Crippen LogP contribution in [0.25, 0.3) is 10.2 Å². The highest BCUT2D eigenvalue weighted by atomic mass is 32.2. The van der Waals surface area contributed by atoms with Gasteiger partial charge >= 0.3 is 0 Å². The maximum absolute atomic E-state index is 13.0. The van der Waals surface area contributed by atoms with Gasteiger partial charge in [-0.1, -0.05) is 17.4 Å². The number of thiazole rings is 1. The second-order valence-electron chi connectivity index (χ2n) is 5.86. The molecule has 0 radical (unpaired) electrons. The zero-order valence-electron chi connectivity index (χ0n) is 13.8. The van der Waals surface area contributed by atoms with Crippen molar-refractivity contribution in [2.45, 2.75) is 23.8 Å². The number of rotatable bonds is 5. The van der Waals surface area contributed by atoms with Crippen LogP contribution in [0.5, 0.6) is 0 Å². The van der Waals surface area contributed by atoms with Crippen LogP contribution in [-0.4, -0.2) is 36.4 Å². The number of hydrogen-bond donors (Lipinski definition) is 0. The van der Waals surface area contributed by atoms with E-state index in [1.165, 1.54) is 16.2 Å². The first-order valence-electron chi connectivity index (χ1n) is 8.16. The Kier molecular flexibility index (Phi) is 5.08. The maximum atomic E-state index is 13.0. The van der Waals surface area contributed by atoms with E-state index >= 15 is 0 Å². The summed E-state index contributed by atoms with van der Waals surface area (Å²) in [4.78, 5) is 21.5. The summed E-state index contributed by atoms with van der Waals surface area (Å²) in [5.41, 5.74) is 0.939. The Morgan fingerprint density at radius 1 is 1.44 bits per heavy atom. The Labute approximate surface area is 158 Å². The van der Waals surface area contributed by atoms with Crippen LogP contribution in [0, 0.1) is 0 Å². The Hall–Kier alpha value is -1.41. The molecular formula is C18H18N2O2S3. The molecule has 0 bridgehead atoms. The average Bonchev–Trinajstić information content (AvgIpc) is 3.39. The molecule has 1 aromatic carbocycles. The molecule has 0 saturated carbocycles. The highest BCUT2D eigenvalue weighted by molar-refractivity contribution is 7.98. The summed E-state index contributed by atoms with van der Waals surface area (Å²) < 4.78 is 6.88. The van der Waals surface area contributed by atoms with Gasteiger partial charge in [0.2, 0.25) is 0 Å². The fourth-order valence-electron chi connectivity index (χ4n) is 2.91. The van der Waals surface area contributed by atoms with Crippen LogP contribution in [0.4, 0.5) is 5.13 Å². The number of ether oxygens (including phenoxy) is 1. The molecule has 25 heavy (non-hydrogen) atoms. The van der Waals surface area contributed by atoms with Gasteiger partial charge in [0.25, 0.3) is 5.91 Å². The second kappa shape index (κ2) is 7.45. The van der Waals surface area contributed by atoms with Crippen molar-refractivity contribution in [2.24, 2.45) is 0 Å². The van der Waals surface area contributed by atoms with Gasteiger partial charge < -0.3 is 4.74 Å². The molecular weight excluding hydrogens is 372 g/mol. The van der Waals surface area contributed by atoms with E-state index < -0.39 is 0 Å². The first kappa shape index (κ1) is 17.0. The van der Waals surface area contributed by atoms with Gasteiger partial charge in [0.05, 0.1) is 27.7 Å². The highest BCUT2D eigenvalue weighted by Gasteiger charge is 2.27. The lowest BCUT2D eigenvalue weighted by Crippen LogP contribution is -2.37. The van der Waals surface area contributed by atoms with Crippen LogP contribution in [-0.2, 0) is 4.74 Å². The number of carbonyl (C=O) groups excluding carboxylic acids is 1. The van der Waals surface area contributed by atoms with Gasteiger partial charge in [0, 0.05) is 11.5 Å². The van der Waals surface area contributed by atoms with Crippen molar-refractivity contribution >= 4 is 55.7 Å². The normalized spacial score (nSPS) is 17.2. The summed E-state index contributed by atoms with van der Waals surface area (Å²) in [6.45, 7) is 1.34. The molecule has 1 saturated heterocycles. The number of thiophene rings is 1. The Bertz CT molecular complexity index is 870. The minimum Gasteiger partial charge on any atom is -0.376 e. The van der Waals surface area contributed by atoms with Crippen molar-refractivity contribution in [3.8, 4) is 0 Å². The highest BCUT2D eigenvalue weighted by Crippen LogP contribution is 2.33. The van der Waals surface area contributed by atoms with Crippen molar-refractivity contribution < 1.29 is 9.53 Å². The number of anilines is 1. The van der Waals surface area contributed by atoms with Gasteiger partial charge in [0.15, 0.2) is 5.13 Å². The number of carbonyl (C=O) groups is 1. The Balaban J connectivity index is 1.69. The molecule has 3 heterocycles. The molecule has 1 unspecified atom stereocenters. The fourth-order valence-corrected chi connectivity index (χ4v) is 5.11. The molecule has 1 atom stereocenters. The van der Waals surface area contributed by atoms with Crippen LogP contribution in [0.3, 0.4) is 0 Å². The van der Waals surface area contributed by atoms with E-state index in [4.69, 9.17) is 9.72 Å². The van der Waals surface area contributed by atoms with Crippen molar-refractivity contribution in [3.05, 3.63) is 40.6 Å². The van der Waals surface area contributed by atoms with Gasteiger partial charge in [-0.2, -0.15) is 0 Å². The number of nitrogens with zero attached hydrogens (tertiary/aromatic N) is 2. The molecule has 0 N–H and O–H groups in total. The van der Waals surface area contributed by atoms with Gasteiger partial charge in [0.1, 0.15) is 0 Å². The third-order valence-electron chi connectivity index (χ3n) is 4.20. The van der Waals surface area contributed by atoms with Crippen molar-refractivity contribution in [1.29, 1.82) is 0 Å². The summed E-state index contributed by atoms with van der Waals surface area (Å²) in [7, 11) is 0. The maximum Gasteiger partial charge on any atom is 0.270 e. The van der Waals surface area contributed by atoms with Gasteiger partial charge in [-0.05, 0) is 48.7 Å². The summed E-state index contributed by atoms with van der Waals surface area (Å²) in [5.74, 6) is 0.00893. The lowest BCUT2D eigenvalue weighted by Gasteiger charge is -2.22. The summed E-state index contributed by atoms with van der Waals surface area (Å²) in [6.07, 6.45) is 4.21. The number of amides is 1. The molecule has 7 heteroatoms. The molecule has 4 nitrogen and oxygen atoms in total. The average molecular weight is 391 g/mol. The van der Waals surface area contributed by atoms with E-state index in [1.807, 2.05) is 23.6 Å². The summed E-state index contributed by atoms with van der Waals surface area (Å²) in [5, 5.41) is 2.68. The van der Waals surface area contributed by atoms with Gasteiger partial charge in [-0.3, -0.25) is 9.69 Å². The van der Waals surface area contributed by atoms with Crippen LogP contribution >= 0.6 is 34.4 Å². The number of aromatic nitrogens is 1. The van der Waals surface area contributed by atoms with Crippen LogP contribution in [0.2, 0.25) is 0 Å². The predicted molar refractivity (Wildman–Crippen MR) is 106 cm³/mol. The van der Waals surface area contributed by atoms with E-state index in [1.54, 1.807) is 28.0 Å². The molecule has 1 aliphatic rings. The monoisotopic (exact) mass is 390 g/mol. The first-order valence-corrected chi connectivity index (χ1v) is 11.1. The van der Waals surface area contributed by atoms with E-state index in [0.29, 0.717) is 6.54 Å². The molecule has 0 aliphatic carbocycles. The van der Waals surface area contributed by atoms with E-state index in [2.05, 4.69) is 18.4 Å². The number of fused-ring (bicyclic) bond motifs is 1. The van der Waals surface area contributed by atoms with Crippen LogP contribution in [0.15, 0.2) is 40.6 Å². The zero-order valence-corrected chi connectivity index (χ0v) is 16.3. The first-order chi connectivity index (χ1) is 12.2. The second-order valence-corrected chi connectivity index (χ2v) is 8.69. The molecule has 1 amide bonds. The molecule has 1 fully saturated rings. The SMILES string of the molecule is CSc1ccc2nc(N(CC3CCCO3)C(=O)c3cccs3)sc2c1. The van der Waals surface area contributed by atoms with Gasteiger partial charge in [-0.25, -0.2) is 4.98 Å². The van der Waals surface area contributed by atoms with E-state index in [-0.39, 0.29) is 12.0 Å². The third-order valence-corrected chi connectivity index (χ3v) is 6.83. The predicted octanol–water partition coefficient (Wildman–Crippen LogP) is 4.91. The van der Waals surface area contributed by atoms with Crippen molar-refractivity contribution in [1.82, 2.24) is 4.98 Å². The molecule has 0 spiro atoms. The minimum atomic E-state index is 0.00893. The Morgan fingerprint density at radius 2 is 2.36 bits per heavy atom. The molecule has 3 aromatic rings. The van der Waals surface area contributed by atoms with Crippen molar-refractivity contribution in [2.75, 3.05) is 24.3 Å². The molecule has 2 aromatic heterocycles. The van der Waals surface area contributed by atoms with Gasteiger partial charge in [-0.15, -0.1) is 23.1 Å². The lowest BCUT2D eigenvalue weighted by atomic mass is 10.2. The quantitative estimate of drug-likeness (QED) is 0.581. The number of hydrogen-bond acceptors (Lipinski definition) is 6. The third kappa shape index (κ3) is 3.60. The fraction of sp³-hybridized carbons (Fsp3) is 0.333. The van der Waals surface area contributed by atoms with Crippen molar-refractivity contribution in [3.63, 3.8) is 0 Å². The summed E-state index contributed by atoms with van der Waals surface area (Å²) in [6, 6.07) is 10.0. The number of thioether (sulfide) groups is 1. The minimum absolute atomic E-state index is 0.00893. The molecule has 130 valence electrons. The lowest BCUT2D eigenvalue weighted by molar-refractivity contribution is 0.0920. The summed E-state index contributed by atoms with van der Waals surface area (Å²) >= 11 is 4.75. The van der Waals surface area contributed by atoms with Crippen LogP contribution < -0.4 is 4.90 Å². The standard InChI is InChI=1S/C18H18N2O2S3/c1-23-13-6-7-14-16(10-13)25-18(19-14)20(11-12-4-2-8-22-12)17(21)15-5-3-9-24-15/h3,5-7,9-10,12H,2,4,8,11H2,1H3. The topological polar surface area (TPSA) is 42.4 Å². The molecule has 4 rings (SSSR count). The van der Waals surface area contributed by atoms with E-state index in [0.717, 1.165) is 39.7 Å². The Morgan fingerprint density at radius 3 is 3.08 bits per heavy atom. The largest absolute Gasteiger partial charge is 0.376 e. The number of benzene rings is 1. The zero-order chi connectivity index (χ0) is 17.2.